The van der Waals surface area contributed by atoms with Crippen molar-refractivity contribution < 1.29 is 14.6 Å². The zero-order valence-electron chi connectivity index (χ0n) is 17.0. The predicted molar refractivity (Wildman–Crippen MR) is 120 cm³/mol. The molecule has 0 heterocycles. The smallest absolute Gasteiger partial charge is 0.185 e. The molecule has 0 fully saturated rings. The molecule has 150 valence electrons. The number of allylic oxidation sites excluding steroid dienone is 1. The molecule has 0 atom stereocenters. The number of carbonyl (C=O) groups excluding carboxylic acids is 1. The molecule has 0 aromatic heterocycles. The molecule has 0 bridgehead atoms. The number of carbonyl (C=O) groups is 1. The van der Waals surface area contributed by atoms with E-state index in [1.54, 1.807) is 24.3 Å². The minimum Gasteiger partial charge on any atom is -0.507 e. The van der Waals surface area contributed by atoms with Crippen LogP contribution in [0.15, 0.2) is 42.5 Å². The van der Waals surface area contributed by atoms with Gasteiger partial charge >= 0.3 is 0 Å². The van der Waals surface area contributed by atoms with Crippen LogP contribution in [-0.4, -0.2) is 29.0 Å². The summed E-state index contributed by atoms with van der Waals surface area (Å²) >= 11 is 1.92. The Morgan fingerprint density at radius 2 is 1.75 bits per heavy atom. The number of ether oxygens (including phenoxy) is 1. The molecular weight excluding hydrogens is 368 g/mol. The summed E-state index contributed by atoms with van der Waals surface area (Å²) in [5.74, 6) is 3.22. The third kappa shape index (κ3) is 7.08. The molecule has 2 rings (SSSR count). The van der Waals surface area contributed by atoms with Gasteiger partial charge in [0.15, 0.2) is 5.78 Å². The van der Waals surface area contributed by atoms with Gasteiger partial charge in [-0.05, 0) is 85.2 Å². The standard InChI is InChI=1S/C24H30O3S/c1-4-5-6-14-28-15-13-27-22-10-8-21(9-11-22)23(25)12-7-20-16-18(2)24(26)19(3)17-20/h7-12,16-17,26H,4-6,13-15H2,1-3H3. The molecule has 3 nitrogen and oxygen atoms in total. The van der Waals surface area contributed by atoms with Gasteiger partial charge in [0.1, 0.15) is 11.5 Å². The zero-order chi connectivity index (χ0) is 20.4. The van der Waals surface area contributed by atoms with Gasteiger partial charge in [0.05, 0.1) is 6.61 Å². The van der Waals surface area contributed by atoms with Gasteiger partial charge in [-0.15, -0.1) is 0 Å². The molecule has 2 aromatic carbocycles. The first kappa shape index (κ1) is 22.1. The molecule has 0 aliphatic carbocycles. The number of unbranched alkanes of at least 4 members (excludes halogenated alkanes) is 2. The number of aromatic hydroxyl groups is 1. The quantitative estimate of drug-likeness (QED) is 0.278. The fourth-order valence-electron chi connectivity index (χ4n) is 2.84. The lowest BCUT2D eigenvalue weighted by Crippen LogP contribution is -2.01. The number of hydrogen-bond acceptors (Lipinski definition) is 4. The third-order valence-corrected chi connectivity index (χ3v) is 5.50. The van der Waals surface area contributed by atoms with E-state index in [0.29, 0.717) is 17.9 Å². The number of benzene rings is 2. The molecule has 0 amide bonds. The summed E-state index contributed by atoms with van der Waals surface area (Å²) in [7, 11) is 0. The topological polar surface area (TPSA) is 46.5 Å². The summed E-state index contributed by atoms with van der Waals surface area (Å²) in [6, 6.07) is 11.0. The number of aryl methyl sites for hydroxylation is 2. The molecule has 0 saturated heterocycles. The normalized spacial score (nSPS) is 11.1. The molecule has 0 aliphatic heterocycles. The summed E-state index contributed by atoms with van der Waals surface area (Å²) in [5.41, 5.74) is 3.14. The van der Waals surface area contributed by atoms with Crippen LogP contribution in [0, 0.1) is 13.8 Å². The Kier molecular flexibility index (Phi) is 9.15. The molecule has 2 aromatic rings. The first-order chi connectivity index (χ1) is 13.5. The third-order valence-electron chi connectivity index (χ3n) is 4.47. The van der Waals surface area contributed by atoms with E-state index >= 15 is 0 Å². The van der Waals surface area contributed by atoms with Gasteiger partial charge in [0.2, 0.25) is 0 Å². The van der Waals surface area contributed by atoms with Gasteiger partial charge in [-0.1, -0.05) is 25.8 Å². The van der Waals surface area contributed by atoms with E-state index in [-0.39, 0.29) is 5.78 Å². The van der Waals surface area contributed by atoms with Crippen molar-refractivity contribution in [2.45, 2.75) is 40.0 Å². The van der Waals surface area contributed by atoms with Crippen LogP contribution in [-0.2, 0) is 0 Å². The second kappa shape index (κ2) is 11.6. The molecular formula is C24H30O3S. The Morgan fingerprint density at radius 1 is 1.07 bits per heavy atom. The zero-order valence-corrected chi connectivity index (χ0v) is 17.8. The Balaban J connectivity index is 1.83. The highest BCUT2D eigenvalue weighted by Crippen LogP contribution is 2.23. The van der Waals surface area contributed by atoms with Crippen molar-refractivity contribution in [3.05, 3.63) is 64.7 Å². The Hall–Kier alpha value is -2.20. The van der Waals surface area contributed by atoms with Crippen molar-refractivity contribution in [3.63, 3.8) is 0 Å². The lowest BCUT2D eigenvalue weighted by atomic mass is 10.0. The van der Waals surface area contributed by atoms with E-state index in [9.17, 15) is 9.90 Å². The summed E-state index contributed by atoms with van der Waals surface area (Å²) in [6.07, 6.45) is 7.17. The number of rotatable bonds is 11. The first-order valence-electron chi connectivity index (χ1n) is 9.84. The van der Waals surface area contributed by atoms with E-state index in [1.807, 2.05) is 49.9 Å². The first-order valence-corrected chi connectivity index (χ1v) is 11.0. The minimum atomic E-state index is -0.0542. The average Bonchev–Trinajstić information content (AvgIpc) is 2.70. The highest BCUT2D eigenvalue weighted by atomic mass is 32.2. The van der Waals surface area contributed by atoms with Crippen LogP contribution in [0.25, 0.3) is 6.08 Å². The van der Waals surface area contributed by atoms with E-state index in [4.69, 9.17) is 4.74 Å². The van der Waals surface area contributed by atoms with Gasteiger partial charge < -0.3 is 9.84 Å². The van der Waals surface area contributed by atoms with Crippen LogP contribution < -0.4 is 4.74 Å². The van der Waals surface area contributed by atoms with Crippen LogP contribution in [0.1, 0.15) is 53.2 Å². The van der Waals surface area contributed by atoms with E-state index < -0.39 is 0 Å². The van der Waals surface area contributed by atoms with Crippen LogP contribution in [0.4, 0.5) is 0 Å². The van der Waals surface area contributed by atoms with Gasteiger partial charge in [-0.2, -0.15) is 11.8 Å². The van der Waals surface area contributed by atoms with Crippen LogP contribution >= 0.6 is 11.8 Å². The highest BCUT2D eigenvalue weighted by Gasteiger charge is 2.04. The van der Waals surface area contributed by atoms with Gasteiger partial charge in [-0.3, -0.25) is 4.79 Å². The van der Waals surface area contributed by atoms with Crippen LogP contribution in [0.3, 0.4) is 0 Å². The van der Waals surface area contributed by atoms with Crippen molar-refractivity contribution in [1.29, 1.82) is 0 Å². The van der Waals surface area contributed by atoms with Crippen molar-refractivity contribution in [2.75, 3.05) is 18.1 Å². The van der Waals surface area contributed by atoms with E-state index in [2.05, 4.69) is 6.92 Å². The largest absolute Gasteiger partial charge is 0.507 e. The van der Waals surface area contributed by atoms with Crippen molar-refractivity contribution in [3.8, 4) is 11.5 Å². The predicted octanol–water partition coefficient (Wildman–Crippen LogP) is 6.21. The number of phenolic OH excluding ortho intramolecular Hbond substituents is 1. The van der Waals surface area contributed by atoms with Crippen LogP contribution in [0.5, 0.6) is 11.5 Å². The molecule has 0 unspecified atom stereocenters. The number of thioether (sulfide) groups is 1. The summed E-state index contributed by atoms with van der Waals surface area (Å²) in [6.45, 7) is 6.60. The number of phenols is 1. The Morgan fingerprint density at radius 3 is 2.39 bits per heavy atom. The highest BCUT2D eigenvalue weighted by molar-refractivity contribution is 7.99. The van der Waals surface area contributed by atoms with E-state index in [1.165, 1.54) is 25.0 Å². The maximum Gasteiger partial charge on any atom is 0.185 e. The fraction of sp³-hybridized carbons (Fsp3) is 0.375. The fourth-order valence-corrected chi connectivity index (χ4v) is 3.66. The Bertz CT molecular complexity index is 771. The molecule has 1 N–H and O–H groups in total. The molecule has 0 saturated carbocycles. The van der Waals surface area contributed by atoms with Crippen molar-refractivity contribution in [1.82, 2.24) is 0 Å². The minimum absolute atomic E-state index is 0.0542. The van der Waals surface area contributed by atoms with Crippen molar-refractivity contribution in [2.24, 2.45) is 0 Å². The molecule has 0 aliphatic rings. The molecule has 4 heteroatoms. The van der Waals surface area contributed by atoms with Gasteiger partial charge in [-0.25, -0.2) is 0 Å². The Labute approximate surface area is 172 Å². The van der Waals surface area contributed by atoms with Crippen molar-refractivity contribution >= 4 is 23.6 Å². The maximum absolute atomic E-state index is 12.4. The molecule has 28 heavy (non-hydrogen) atoms. The molecule has 0 spiro atoms. The average molecular weight is 399 g/mol. The lowest BCUT2D eigenvalue weighted by molar-refractivity contribution is 0.104. The SMILES string of the molecule is CCCCCSCCOc1ccc(C(=O)C=Cc2cc(C)c(O)c(C)c2)cc1. The second-order valence-electron chi connectivity index (χ2n) is 6.89. The lowest BCUT2D eigenvalue weighted by Gasteiger charge is -2.07. The summed E-state index contributed by atoms with van der Waals surface area (Å²) in [4.78, 5) is 12.4. The number of hydrogen-bond donors (Lipinski definition) is 1. The summed E-state index contributed by atoms with van der Waals surface area (Å²) < 4.78 is 5.74. The number of ketones is 1. The van der Waals surface area contributed by atoms with Gasteiger partial charge in [0.25, 0.3) is 0 Å². The van der Waals surface area contributed by atoms with Crippen LogP contribution in [0.2, 0.25) is 0 Å². The van der Waals surface area contributed by atoms with Gasteiger partial charge in [0, 0.05) is 11.3 Å². The van der Waals surface area contributed by atoms with E-state index in [0.717, 1.165) is 28.2 Å². The molecule has 0 radical (unpaired) electrons. The monoisotopic (exact) mass is 398 g/mol. The summed E-state index contributed by atoms with van der Waals surface area (Å²) in [5, 5.41) is 9.83. The maximum atomic E-state index is 12.4. The second-order valence-corrected chi connectivity index (χ2v) is 8.12.